The van der Waals surface area contributed by atoms with E-state index in [0.717, 1.165) is 28.1 Å². The number of anilines is 1. The second-order valence-corrected chi connectivity index (χ2v) is 8.21. The molecule has 2 aromatic heterocycles. The highest BCUT2D eigenvalue weighted by molar-refractivity contribution is 6.33. The lowest BCUT2D eigenvalue weighted by molar-refractivity contribution is 0.354. The predicted molar refractivity (Wildman–Crippen MR) is 109 cm³/mol. The molecule has 9 heteroatoms. The highest BCUT2D eigenvalue weighted by Crippen LogP contribution is 2.26. The van der Waals surface area contributed by atoms with Gasteiger partial charge in [-0.1, -0.05) is 11.6 Å². The van der Waals surface area contributed by atoms with E-state index in [1.165, 1.54) is 6.20 Å². The molecule has 2 heterocycles. The summed E-state index contributed by atoms with van der Waals surface area (Å²) in [6.07, 6.45) is 3.29. The average Bonchev–Trinajstić information content (AvgIpc) is 3.02. The molecule has 1 unspecified atom stereocenters. The zero-order valence-corrected chi connectivity index (χ0v) is 17.6. The number of rotatable bonds is 4. The van der Waals surface area contributed by atoms with Crippen molar-refractivity contribution < 1.29 is 8.78 Å². The summed E-state index contributed by atoms with van der Waals surface area (Å²) in [4.78, 5) is 12.6. The minimum Gasteiger partial charge on any atom is -0.376 e. The van der Waals surface area contributed by atoms with E-state index in [4.69, 9.17) is 11.6 Å². The number of hydrogen-bond acceptors (Lipinski definition) is 4. The van der Waals surface area contributed by atoms with E-state index in [1.54, 1.807) is 0 Å². The normalized spacial score (nSPS) is 12.8. The van der Waals surface area contributed by atoms with Gasteiger partial charge in [-0.05, 0) is 46.8 Å². The number of nitrogens with one attached hydrogen (secondary N) is 1. The van der Waals surface area contributed by atoms with Gasteiger partial charge in [-0.25, -0.2) is 8.78 Å². The Bertz CT molecular complexity index is 1120. The fraction of sp³-hybridized carbons (Fsp3) is 0.350. The van der Waals surface area contributed by atoms with E-state index in [1.807, 2.05) is 24.7 Å². The standard InChI is InChI=1S/C20H22ClF2N5O/c1-11(14-10-27(20(3,4)5)26-12(14)2)25-16-9-24-28(19(29)18(16)21)17-7-6-13(22)8-15(17)23/h6-11,25H,1-5H3. The molecule has 0 bridgehead atoms. The average molecular weight is 422 g/mol. The van der Waals surface area contributed by atoms with Crippen molar-refractivity contribution in [1.29, 1.82) is 0 Å². The first-order chi connectivity index (χ1) is 13.5. The van der Waals surface area contributed by atoms with Gasteiger partial charge in [-0.2, -0.15) is 14.9 Å². The Labute approximate surface area is 172 Å². The van der Waals surface area contributed by atoms with E-state index in [-0.39, 0.29) is 22.3 Å². The van der Waals surface area contributed by atoms with Crippen molar-refractivity contribution in [3.8, 4) is 5.69 Å². The molecular formula is C20H22ClF2N5O. The van der Waals surface area contributed by atoms with Crippen LogP contribution in [0.4, 0.5) is 14.5 Å². The van der Waals surface area contributed by atoms with Crippen LogP contribution in [0.3, 0.4) is 0 Å². The van der Waals surface area contributed by atoms with Crippen LogP contribution < -0.4 is 10.9 Å². The van der Waals surface area contributed by atoms with Gasteiger partial charge in [0.05, 0.1) is 29.2 Å². The van der Waals surface area contributed by atoms with Crippen molar-refractivity contribution in [3.63, 3.8) is 0 Å². The number of benzene rings is 1. The third kappa shape index (κ3) is 4.17. The van der Waals surface area contributed by atoms with Crippen LogP contribution in [0.5, 0.6) is 0 Å². The molecule has 3 aromatic rings. The van der Waals surface area contributed by atoms with Crippen LogP contribution in [0, 0.1) is 18.6 Å². The molecular weight excluding hydrogens is 400 g/mol. The first-order valence-corrected chi connectivity index (χ1v) is 9.43. The highest BCUT2D eigenvalue weighted by Gasteiger charge is 2.21. The molecule has 0 amide bonds. The van der Waals surface area contributed by atoms with Crippen LogP contribution in [-0.2, 0) is 5.54 Å². The lowest BCUT2D eigenvalue weighted by Crippen LogP contribution is -2.24. The topological polar surface area (TPSA) is 64.7 Å². The van der Waals surface area contributed by atoms with E-state index in [9.17, 15) is 13.6 Å². The molecule has 0 aliphatic carbocycles. The Kier molecular flexibility index (Phi) is 5.49. The number of nitrogens with zero attached hydrogens (tertiary/aromatic N) is 4. The highest BCUT2D eigenvalue weighted by atomic mass is 35.5. The van der Waals surface area contributed by atoms with E-state index in [2.05, 4.69) is 36.3 Å². The third-order valence-corrected chi connectivity index (χ3v) is 4.88. The molecule has 0 aliphatic heterocycles. The maximum atomic E-state index is 14.0. The van der Waals surface area contributed by atoms with Crippen molar-refractivity contribution in [2.45, 2.75) is 46.2 Å². The molecule has 154 valence electrons. The molecule has 0 saturated carbocycles. The van der Waals surface area contributed by atoms with Crippen molar-refractivity contribution in [3.05, 3.63) is 68.9 Å². The van der Waals surface area contributed by atoms with Crippen LogP contribution >= 0.6 is 11.6 Å². The Hall–Kier alpha value is -2.74. The molecule has 6 nitrogen and oxygen atoms in total. The van der Waals surface area contributed by atoms with Gasteiger partial charge < -0.3 is 5.32 Å². The third-order valence-electron chi connectivity index (χ3n) is 4.52. The van der Waals surface area contributed by atoms with E-state index < -0.39 is 17.2 Å². The van der Waals surface area contributed by atoms with Gasteiger partial charge in [0.15, 0.2) is 5.82 Å². The summed E-state index contributed by atoms with van der Waals surface area (Å²) in [7, 11) is 0. The fourth-order valence-electron chi connectivity index (χ4n) is 2.91. The molecule has 1 atom stereocenters. The van der Waals surface area contributed by atoms with Gasteiger partial charge in [0.1, 0.15) is 16.5 Å². The van der Waals surface area contributed by atoms with E-state index >= 15 is 0 Å². The Morgan fingerprint density at radius 2 is 1.93 bits per heavy atom. The van der Waals surface area contributed by atoms with Crippen LogP contribution in [-0.4, -0.2) is 19.6 Å². The van der Waals surface area contributed by atoms with Gasteiger partial charge in [-0.15, -0.1) is 0 Å². The molecule has 1 N–H and O–H groups in total. The summed E-state index contributed by atoms with van der Waals surface area (Å²) in [5, 5.41) is 11.6. The van der Waals surface area contributed by atoms with Crippen LogP contribution in [0.2, 0.25) is 5.02 Å². The molecule has 29 heavy (non-hydrogen) atoms. The Morgan fingerprint density at radius 1 is 1.24 bits per heavy atom. The predicted octanol–water partition coefficient (Wildman–Crippen LogP) is 4.60. The number of hydrogen-bond donors (Lipinski definition) is 1. The van der Waals surface area contributed by atoms with Gasteiger partial charge in [0, 0.05) is 17.8 Å². The lowest BCUT2D eigenvalue weighted by atomic mass is 10.1. The van der Waals surface area contributed by atoms with Gasteiger partial charge in [-0.3, -0.25) is 9.48 Å². The summed E-state index contributed by atoms with van der Waals surface area (Å²) in [6, 6.07) is 2.66. The number of halogens is 3. The van der Waals surface area contributed by atoms with Crippen LogP contribution in [0.25, 0.3) is 5.69 Å². The maximum Gasteiger partial charge on any atom is 0.292 e. The smallest absolute Gasteiger partial charge is 0.292 e. The molecule has 0 radical (unpaired) electrons. The molecule has 0 fully saturated rings. The van der Waals surface area contributed by atoms with Crippen LogP contribution in [0.15, 0.2) is 35.4 Å². The largest absolute Gasteiger partial charge is 0.376 e. The Balaban J connectivity index is 1.92. The molecule has 1 aromatic carbocycles. The van der Waals surface area contributed by atoms with Gasteiger partial charge in [0.25, 0.3) is 5.56 Å². The zero-order chi connectivity index (χ0) is 21.5. The SMILES string of the molecule is Cc1nn(C(C)(C)C)cc1C(C)Nc1cnn(-c2ccc(F)cc2F)c(=O)c1Cl. The maximum absolute atomic E-state index is 14.0. The summed E-state index contributed by atoms with van der Waals surface area (Å²) in [5.74, 6) is -1.65. The first kappa shape index (κ1) is 21.0. The van der Waals surface area contributed by atoms with Crippen LogP contribution in [0.1, 0.15) is 45.0 Å². The zero-order valence-electron chi connectivity index (χ0n) is 16.8. The van der Waals surface area contributed by atoms with Crippen molar-refractivity contribution in [1.82, 2.24) is 19.6 Å². The monoisotopic (exact) mass is 421 g/mol. The molecule has 0 saturated heterocycles. The molecule has 0 spiro atoms. The number of aromatic nitrogens is 4. The molecule has 3 rings (SSSR count). The van der Waals surface area contributed by atoms with Crippen molar-refractivity contribution in [2.24, 2.45) is 0 Å². The minimum atomic E-state index is -0.907. The summed E-state index contributed by atoms with van der Waals surface area (Å²) < 4.78 is 29.8. The minimum absolute atomic E-state index is 0.142. The summed E-state index contributed by atoms with van der Waals surface area (Å²) in [6.45, 7) is 9.98. The second kappa shape index (κ2) is 7.59. The van der Waals surface area contributed by atoms with E-state index in [0.29, 0.717) is 11.8 Å². The number of aryl methyl sites for hydroxylation is 1. The second-order valence-electron chi connectivity index (χ2n) is 7.84. The molecule has 0 aliphatic rings. The quantitative estimate of drug-likeness (QED) is 0.668. The lowest BCUT2D eigenvalue weighted by Gasteiger charge is -2.19. The van der Waals surface area contributed by atoms with Gasteiger partial charge in [0.2, 0.25) is 0 Å². The van der Waals surface area contributed by atoms with Crippen molar-refractivity contribution >= 4 is 17.3 Å². The summed E-state index contributed by atoms with van der Waals surface area (Å²) >= 11 is 6.23. The Morgan fingerprint density at radius 3 is 2.52 bits per heavy atom. The summed E-state index contributed by atoms with van der Waals surface area (Å²) in [5.41, 5.74) is 1.06. The van der Waals surface area contributed by atoms with Gasteiger partial charge >= 0.3 is 0 Å². The first-order valence-electron chi connectivity index (χ1n) is 9.05. The van der Waals surface area contributed by atoms with Crippen molar-refractivity contribution in [2.75, 3.05) is 5.32 Å². The fourth-order valence-corrected chi connectivity index (χ4v) is 3.09.